The lowest BCUT2D eigenvalue weighted by Gasteiger charge is -1.48. The highest BCUT2D eigenvalue weighted by molar-refractivity contribution is 5.75. The van der Waals surface area contributed by atoms with Crippen molar-refractivity contribution in [3.8, 4) is 11.8 Å². The van der Waals surface area contributed by atoms with Crippen LogP contribution in [0.3, 0.4) is 0 Å². The SMILES string of the molecule is C.C.C=CC#CC.CC.CC.CC.CC.CCC.CCC.N.[2HH].[3HH].[B]. The molecule has 0 atom stereocenters. The van der Waals surface area contributed by atoms with Crippen LogP contribution in [-0.4, -0.2) is 8.41 Å². The summed E-state index contributed by atoms with van der Waals surface area (Å²) in [6.45, 7) is 29.7. The van der Waals surface area contributed by atoms with Gasteiger partial charge in [0.25, 0.3) is 0 Å². The second kappa shape index (κ2) is 471. The molecular weight excluding hydrogens is 277 g/mol. The van der Waals surface area contributed by atoms with Gasteiger partial charge in [-0.2, -0.15) is 0 Å². The van der Waals surface area contributed by atoms with Gasteiger partial charge in [-0.05, 0) is 13.0 Å². The molecule has 0 aliphatic carbocycles. The van der Waals surface area contributed by atoms with E-state index in [9.17, 15) is 0 Å². The summed E-state index contributed by atoms with van der Waals surface area (Å²) >= 11 is 0. The second-order valence-electron chi connectivity index (χ2n) is 2.01. The largest absolute Gasteiger partial charge is 0.344 e. The Bertz CT molecular complexity index is 110. The molecule has 1 nitrogen and oxygen atoms in total. The molecule has 0 aromatic carbocycles. The number of hydrogen-bond donors (Lipinski definition) is 1. The van der Waals surface area contributed by atoms with E-state index in [-0.39, 0.29) is 32.3 Å². The van der Waals surface area contributed by atoms with E-state index < -0.39 is 0 Å². The van der Waals surface area contributed by atoms with Crippen LogP contribution >= 0.6 is 0 Å². The fraction of sp³-hybridized carbons (Fsp3) is 0.810. The minimum Gasteiger partial charge on any atom is -0.344 e. The summed E-state index contributed by atoms with van der Waals surface area (Å²) < 4.78 is 0. The molecule has 0 aliphatic heterocycles. The summed E-state index contributed by atoms with van der Waals surface area (Å²) in [5, 5.41) is 0. The minimum absolute atomic E-state index is 0. The van der Waals surface area contributed by atoms with Crippen molar-refractivity contribution >= 4 is 8.41 Å². The molecule has 0 heterocycles. The minimum atomic E-state index is 0. The van der Waals surface area contributed by atoms with Gasteiger partial charge in [0.2, 0.25) is 0 Å². The first kappa shape index (κ1) is 79.2. The van der Waals surface area contributed by atoms with Crippen molar-refractivity contribution in [2.45, 2.75) is 118 Å². The van der Waals surface area contributed by atoms with Gasteiger partial charge in [0.15, 0.2) is 0 Å². The average molecular weight is 342 g/mol. The molecule has 0 spiro atoms. The molecule has 23 heavy (non-hydrogen) atoms. The van der Waals surface area contributed by atoms with Crippen LogP contribution in [0.5, 0.6) is 0 Å². The van der Waals surface area contributed by atoms with Crippen molar-refractivity contribution in [3.63, 3.8) is 0 Å². The van der Waals surface area contributed by atoms with Crippen molar-refractivity contribution in [1.82, 2.24) is 6.15 Å². The number of rotatable bonds is 0. The summed E-state index contributed by atoms with van der Waals surface area (Å²) in [4.78, 5) is 0. The van der Waals surface area contributed by atoms with Crippen LogP contribution in [0.2, 0.25) is 0 Å². The Morgan fingerprint density at radius 1 is 0.783 bits per heavy atom. The topological polar surface area (TPSA) is 35.0 Å². The Morgan fingerprint density at radius 3 is 0.913 bits per heavy atom. The van der Waals surface area contributed by atoms with Crippen molar-refractivity contribution in [3.05, 3.63) is 12.7 Å². The van der Waals surface area contributed by atoms with E-state index in [0.717, 1.165) is 0 Å². The van der Waals surface area contributed by atoms with Crippen molar-refractivity contribution < 1.29 is 2.85 Å². The maximum atomic E-state index is 3.38. The van der Waals surface area contributed by atoms with E-state index in [1.807, 2.05) is 55.4 Å². The van der Waals surface area contributed by atoms with Crippen molar-refractivity contribution in [1.29, 1.82) is 0 Å². The molecule has 0 aliphatic rings. The van der Waals surface area contributed by atoms with Crippen molar-refractivity contribution in [2.24, 2.45) is 0 Å². The van der Waals surface area contributed by atoms with Crippen LogP contribution in [0.1, 0.15) is 121 Å². The van der Waals surface area contributed by atoms with Crippen LogP contribution in [-0.2, 0) is 0 Å². The van der Waals surface area contributed by atoms with Gasteiger partial charge in [-0.25, -0.2) is 0 Å². The van der Waals surface area contributed by atoms with Gasteiger partial charge < -0.3 is 6.15 Å². The zero-order valence-electron chi connectivity index (χ0n) is 18.0. The Kier molecular flexibility index (Phi) is 1620. The highest BCUT2D eigenvalue weighted by Gasteiger charge is 1.36. The molecule has 2 heteroatoms. The van der Waals surface area contributed by atoms with Crippen LogP contribution in [0.4, 0.5) is 0 Å². The van der Waals surface area contributed by atoms with Gasteiger partial charge in [0.1, 0.15) is 0 Å². The maximum absolute atomic E-state index is 3.38. The summed E-state index contributed by atoms with van der Waals surface area (Å²) in [6, 6.07) is 0. The van der Waals surface area contributed by atoms with E-state index in [4.69, 9.17) is 0 Å². The molecule has 0 saturated heterocycles. The molecule has 0 amide bonds. The third kappa shape index (κ3) is 4540. The van der Waals surface area contributed by atoms with Crippen LogP contribution in [0, 0.1) is 11.8 Å². The predicted molar refractivity (Wildman–Crippen MR) is 129 cm³/mol. The highest BCUT2D eigenvalue weighted by Crippen LogP contribution is 1.56. The second-order valence-corrected chi connectivity index (χ2v) is 2.01. The Labute approximate surface area is 160 Å². The van der Waals surface area contributed by atoms with Crippen LogP contribution in [0.25, 0.3) is 0 Å². The quantitative estimate of drug-likeness (QED) is 0.345. The lowest BCUT2D eigenvalue weighted by molar-refractivity contribution is 1.09. The van der Waals surface area contributed by atoms with Gasteiger partial charge in [-0.15, -0.1) is 5.92 Å². The Morgan fingerprint density at radius 2 is 0.913 bits per heavy atom. The molecule has 0 saturated carbocycles. The van der Waals surface area contributed by atoms with E-state index >= 15 is 0 Å². The fourth-order valence-corrected chi connectivity index (χ4v) is 0.102. The first-order valence-corrected chi connectivity index (χ1v) is 8.28. The highest BCUT2D eigenvalue weighted by atomic mass is 14.0. The third-order valence-electron chi connectivity index (χ3n) is 0.246. The summed E-state index contributed by atoms with van der Waals surface area (Å²) in [5.41, 5.74) is 0. The molecule has 0 rings (SSSR count). The van der Waals surface area contributed by atoms with E-state index in [1.165, 1.54) is 12.8 Å². The van der Waals surface area contributed by atoms with Crippen molar-refractivity contribution in [2.75, 3.05) is 0 Å². The molecule has 0 bridgehead atoms. The van der Waals surface area contributed by atoms with Crippen LogP contribution in [0.15, 0.2) is 12.7 Å². The average Bonchev–Trinajstić information content (AvgIpc) is 2.50. The number of hydrogen-bond acceptors (Lipinski definition) is 1. The standard InChI is InChI=1S/C5H6.2C3H8.4C2H6.2CH4.B.H3N.2H2/c1-3-5-4-2;2*1-3-2;4*1-2;;;;;;/h3H,1H2,2H3;2*3H2,1-2H3;4*1-2H3;2*1H4;;1H3;2*1H/i;;;;;;;;;;;1+2;1+1. The maximum Gasteiger partial charge on any atom is 0 e. The van der Waals surface area contributed by atoms with Gasteiger partial charge in [0.05, 0.1) is 0 Å². The molecule has 0 aromatic heterocycles. The van der Waals surface area contributed by atoms with E-state index in [1.54, 1.807) is 13.0 Å². The van der Waals surface area contributed by atoms with Gasteiger partial charge in [-0.3, -0.25) is 0 Å². The zero-order valence-corrected chi connectivity index (χ0v) is 18.0. The Hall–Kier alpha value is -0.675. The molecule has 0 unspecified atom stereocenters. The fourth-order valence-electron chi connectivity index (χ4n) is 0.102. The monoisotopic (exact) mass is 342 g/mol. The molecule has 0 aromatic rings. The van der Waals surface area contributed by atoms with Gasteiger partial charge in [0, 0.05) is 11.3 Å². The molecule has 0 fully saturated rings. The lowest BCUT2D eigenvalue weighted by Crippen LogP contribution is -1.35. The van der Waals surface area contributed by atoms with E-state index in [0.29, 0.717) is 0 Å². The van der Waals surface area contributed by atoms with Gasteiger partial charge >= 0.3 is 0 Å². The smallest absolute Gasteiger partial charge is 0 e. The van der Waals surface area contributed by atoms with Crippen LogP contribution < -0.4 is 6.15 Å². The third-order valence-corrected chi connectivity index (χ3v) is 0.246. The Balaban J connectivity index is -0.00000000606. The normalized spacial score (nSPS) is 3.52. The molecule has 3 N–H and O–H groups in total. The first-order valence-electron chi connectivity index (χ1n) is 8.28. The summed E-state index contributed by atoms with van der Waals surface area (Å²) in [7, 11) is 0. The lowest BCUT2D eigenvalue weighted by atomic mass is 10.6. The zero-order chi connectivity index (χ0) is 17.5. The molecule has 153 valence electrons. The van der Waals surface area contributed by atoms with E-state index in [2.05, 4.69) is 46.1 Å². The molecule has 3 radical (unpaired) electrons. The molecular formula is C21H61BN. The first-order chi connectivity index (χ1) is 9.24. The predicted octanol–water partition coefficient (Wildman–Crippen LogP) is 9.68. The van der Waals surface area contributed by atoms with Gasteiger partial charge in [-0.1, -0.05) is 123 Å². The summed E-state index contributed by atoms with van der Waals surface area (Å²) in [5.74, 6) is 5.27. The summed E-state index contributed by atoms with van der Waals surface area (Å²) in [6.07, 6.45) is 4.07. The number of allylic oxidation sites excluding steroid dienone is 1.